The largest absolute Gasteiger partial charge is 0.394 e. The molecule has 100 valence electrons. The molecule has 0 aliphatic carbocycles. The van der Waals surface area contributed by atoms with E-state index in [-0.39, 0.29) is 18.2 Å². The summed E-state index contributed by atoms with van der Waals surface area (Å²) in [5.74, 6) is 0. The highest BCUT2D eigenvalue weighted by Gasteiger charge is 2.35. The molecule has 0 radical (unpaired) electrons. The van der Waals surface area contributed by atoms with Crippen molar-refractivity contribution in [2.75, 3.05) is 13.2 Å². The average Bonchev–Trinajstić information content (AvgIpc) is 2.46. The van der Waals surface area contributed by atoms with Gasteiger partial charge in [0.25, 0.3) is 0 Å². The molecule has 0 spiro atoms. The van der Waals surface area contributed by atoms with Crippen LogP contribution in [0.25, 0.3) is 0 Å². The number of aliphatic hydroxyl groups is 1. The van der Waals surface area contributed by atoms with Crippen LogP contribution in [0.15, 0.2) is 30.3 Å². The Balaban J connectivity index is 1.95. The van der Waals surface area contributed by atoms with E-state index in [0.717, 1.165) is 32.4 Å². The van der Waals surface area contributed by atoms with Gasteiger partial charge in [-0.15, -0.1) is 0 Å². The second-order valence-electron chi connectivity index (χ2n) is 5.13. The lowest BCUT2D eigenvalue weighted by Gasteiger charge is -2.40. The van der Waals surface area contributed by atoms with Gasteiger partial charge in [-0.1, -0.05) is 37.3 Å². The maximum atomic E-state index is 9.71. The Bertz CT molecular complexity index is 355. The van der Waals surface area contributed by atoms with Crippen molar-refractivity contribution in [3.05, 3.63) is 35.9 Å². The summed E-state index contributed by atoms with van der Waals surface area (Å²) < 4.78 is 5.69. The van der Waals surface area contributed by atoms with Crippen molar-refractivity contribution in [1.29, 1.82) is 0 Å². The Hall–Kier alpha value is -0.900. The molecule has 1 aromatic rings. The zero-order chi connectivity index (χ0) is 12.8. The fourth-order valence-corrected chi connectivity index (χ4v) is 2.53. The number of aliphatic hydroxyl groups excluding tert-OH is 1. The summed E-state index contributed by atoms with van der Waals surface area (Å²) in [6, 6.07) is 10.3. The van der Waals surface area contributed by atoms with Crippen molar-refractivity contribution in [1.82, 2.24) is 5.32 Å². The van der Waals surface area contributed by atoms with Gasteiger partial charge in [-0.05, 0) is 24.8 Å². The van der Waals surface area contributed by atoms with E-state index in [1.807, 2.05) is 18.2 Å². The molecule has 2 N–H and O–H groups in total. The summed E-state index contributed by atoms with van der Waals surface area (Å²) in [7, 11) is 0. The number of benzene rings is 1. The summed E-state index contributed by atoms with van der Waals surface area (Å²) in [6.45, 7) is 3.85. The molecule has 0 bridgehead atoms. The van der Waals surface area contributed by atoms with Crippen molar-refractivity contribution >= 4 is 0 Å². The molecule has 3 nitrogen and oxygen atoms in total. The van der Waals surface area contributed by atoms with Gasteiger partial charge in [0.2, 0.25) is 0 Å². The second-order valence-corrected chi connectivity index (χ2v) is 5.13. The Labute approximate surface area is 109 Å². The van der Waals surface area contributed by atoms with Gasteiger partial charge >= 0.3 is 0 Å². The molecule has 1 fully saturated rings. The molecule has 0 amide bonds. The first-order valence-electron chi connectivity index (χ1n) is 6.79. The van der Waals surface area contributed by atoms with Gasteiger partial charge in [-0.3, -0.25) is 0 Å². The van der Waals surface area contributed by atoms with Crippen LogP contribution >= 0.6 is 0 Å². The Morgan fingerprint density at radius 3 is 2.83 bits per heavy atom. The van der Waals surface area contributed by atoms with Crippen LogP contribution < -0.4 is 5.32 Å². The molecule has 1 aliphatic rings. The molecule has 0 aromatic heterocycles. The molecule has 1 heterocycles. The number of hydrogen-bond donors (Lipinski definition) is 2. The Morgan fingerprint density at radius 2 is 2.17 bits per heavy atom. The lowest BCUT2D eigenvalue weighted by molar-refractivity contribution is -0.0465. The van der Waals surface area contributed by atoms with Gasteiger partial charge in [0.15, 0.2) is 0 Å². The summed E-state index contributed by atoms with van der Waals surface area (Å²) in [5.41, 5.74) is 1.08. The highest BCUT2D eigenvalue weighted by Crippen LogP contribution is 2.26. The molecule has 3 heteroatoms. The van der Waals surface area contributed by atoms with E-state index in [9.17, 15) is 5.11 Å². The van der Waals surface area contributed by atoms with Crippen molar-refractivity contribution in [2.24, 2.45) is 0 Å². The van der Waals surface area contributed by atoms with Crippen LogP contribution in [-0.4, -0.2) is 30.0 Å². The molecular formula is C15H23NO2. The molecule has 1 saturated heterocycles. The van der Waals surface area contributed by atoms with Crippen LogP contribution in [0.2, 0.25) is 0 Å². The number of rotatable bonds is 5. The predicted octanol–water partition coefficient (Wildman–Crippen LogP) is 2.10. The molecule has 2 rings (SSSR count). The fraction of sp³-hybridized carbons (Fsp3) is 0.600. The van der Waals surface area contributed by atoms with E-state index in [2.05, 4.69) is 24.4 Å². The summed E-state index contributed by atoms with van der Waals surface area (Å²) in [5, 5.41) is 13.3. The minimum atomic E-state index is -0.172. The maximum Gasteiger partial charge on any atom is 0.0615 e. The molecule has 1 aliphatic heterocycles. The SMILES string of the molecule is CCC1CC(CO)(NCc2ccccc2)CCO1. The van der Waals surface area contributed by atoms with Crippen LogP contribution in [0.4, 0.5) is 0 Å². The number of ether oxygens (including phenoxy) is 1. The normalized spacial score (nSPS) is 28.2. The number of nitrogens with one attached hydrogen (secondary N) is 1. The van der Waals surface area contributed by atoms with E-state index in [1.54, 1.807) is 0 Å². The van der Waals surface area contributed by atoms with Crippen LogP contribution in [0.3, 0.4) is 0 Å². The first kappa shape index (κ1) is 13.5. The Kier molecular flexibility index (Phi) is 4.75. The third kappa shape index (κ3) is 3.31. The number of hydrogen-bond acceptors (Lipinski definition) is 3. The lowest BCUT2D eigenvalue weighted by atomic mass is 9.86. The van der Waals surface area contributed by atoms with E-state index >= 15 is 0 Å². The van der Waals surface area contributed by atoms with Gasteiger partial charge in [0.05, 0.1) is 12.7 Å². The van der Waals surface area contributed by atoms with E-state index in [0.29, 0.717) is 0 Å². The van der Waals surface area contributed by atoms with Crippen LogP contribution in [0, 0.1) is 0 Å². The highest BCUT2D eigenvalue weighted by molar-refractivity contribution is 5.15. The average molecular weight is 249 g/mol. The molecule has 1 aromatic carbocycles. The standard InChI is InChI=1S/C15H23NO2/c1-2-14-10-15(12-17,8-9-18-14)16-11-13-6-4-3-5-7-13/h3-7,14,16-17H,2,8-12H2,1H3. The first-order valence-corrected chi connectivity index (χ1v) is 6.79. The molecule has 2 unspecified atom stereocenters. The van der Waals surface area contributed by atoms with E-state index in [4.69, 9.17) is 4.74 Å². The van der Waals surface area contributed by atoms with Gasteiger partial charge < -0.3 is 15.2 Å². The minimum Gasteiger partial charge on any atom is -0.394 e. The molecule has 0 saturated carbocycles. The third-order valence-corrected chi connectivity index (χ3v) is 3.82. The summed E-state index contributed by atoms with van der Waals surface area (Å²) >= 11 is 0. The predicted molar refractivity (Wildman–Crippen MR) is 72.4 cm³/mol. The zero-order valence-electron chi connectivity index (χ0n) is 11.1. The van der Waals surface area contributed by atoms with Crippen molar-refractivity contribution in [3.8, 4) is 0 Å². The van der Waals surface area contributed by atoms with Gasteiger partial charge in [0, 0.05) is 18.7 Å². The third-order valence-electron chi connectivity index (χ3n) is 3.82. The molecule has 2 atom stereocenters. The van der Waals surface area contributed by atoms with Crippen LogP contribution in [-0.2, 0) is 11.3 Å². The quantitative estimate of drug-likeness (QED) is 0.839. The molecule has 18 heavy (non-hydrogen) atoms. The topological polar surface area (TPSA) is 41.5 Å². The minimum absolute atomic E-state index is 0.172. The van der Waals surface area contributed by atoms with E-state index < -0.39 is 0 Å². The van der Waals surface area contributed by atoms with Gasteiger partial charge in [0.1, 0.15) is 0 Å². The van der Waals surface area contributed by atoms with Crippen LogP contribution in [0.5, 0.6) is 0 Å². The fourth-order valence-electron chi connectivity index (χ4n) is 2.53. The smallest absolute Gasteiger partial charge is 0.0615 e. The highest BCUT2D eigenvalue weighted by atomic mass is 16.5. The molecular weight excluding hydrogens is 226 g/mol. The summed E-state index contributed by atoms with van der Waals surface area (Å²) in [6.07, 6.45) is 3.06. The van der Waals surface area contributed by atoms with Crippen molar-refractivity contribution in [3.63, 3.8) is 0 Å². The van der Waals surface area contributed by atoms with Gasteiger partial charge in [-0.25, -0.2) is 0 Å². The summed E-state index contributed by atoms with van der Waals surface area (Å²) in [4.78, 5) is 0. The van der Waals surface area contributed by atoms with Crippen molar-refractivity contribution < 1.29 is 9.84 Å². The zero-order valence-corrected chi connectivity index (χ0v) is 11.1. The van der Waals surface area contributed by atoms with Crippen LogP contribution in [0.1, 0.15) is 31.7 Å². The van der Waals surface area contributed by atoms with Gasteiger partial charge in [-0.2, -0.15) is 0 Å². The monoisotopic (exact) mass is 249 g/mol. The maximum absolute atomic E-state index is 9.71. The lowest BCUT2D eigenvalue weighted by Crippen LogP contribution is -2.54. The van der Waals surface area contributed by atoms with Crippen molar-refractivity contribution in [2.45, 2.75) is 44.4 Å². The first-order chi connectivity index (χ1) is 8.78. The second kappa shape index (κ2) is 6.32. The Morgan fingerprint density at radius 1 is 1.39 bits per heavy atom. The van der Waals surface area contributed by atoms with E-state index in [1.165, 1.54) is 5.56 Å².